The van der Waals surface area contributed by atoms with E-state index in [4.69, 9.17) is 10.2 Å². The first-order chi connectivity index (χ1) is 11.8. The molecule has 1 aromatic rings. The number of benzene rings is 1. The lowest BCUT2D eigenvalue weighted by Crippen LogP contribution is -2.46. The summed E-state index contributed by atoms with van der Waals surface area (Å²) in [5.41, 5.74) is 1.64. The van der Waals surface area contributed by atoms with Gasteiger partial charge in [-0.1, -0.05) is 71.9 Å². The molecule has 0 saturated carbocycles. The lowest BCUT2D eigenvalue weighted by atomic mass is 9.86. The standard InChI is InChI=1S/C11H16.C10H22O5/c1-11(2,3)9-10-7-5-4-6-8-10;1-10(2,3)4-6(12)8(14)9(15)7(13)5-11/h4-8H,9H2,1-3H3;6-9,11-15H,4-5H2,1-3H3. The molecular weight excluding hydrogens is 332 g/mol. The number of rotatable bonds is 6. The van der Waals surface area contributed by atoms with E-state index in [1.54, 1.807) is 0 Å². The van der Waals surface area contributed by atoms with Crippen LogP contribution in [0.15, 0.2) is 30.3 Å². The highest BCUT2D eigenvalue weighted by Gasteiger charge is 2.32. The Labute approximate surface area is 158 Å². The molecule has 1 aromatic carbocycles. The minimum absolute atomic E-state index is 0.190. The first kappa shape index (κ1) is 25.0. The molecule has 0 amide bonds. The fourth-order valence-electron chi connectivity index (χ4n) is 2.52. The van der Waals surface area contributed by atoms with Crippen molar-refractivity contribution in [1.82, 2.24) is 0 Å². The molecular formula is C21H38O5. The molecule has 0 saturated heterocycles. The van der Waals surface area contributed by atoms with Gasteiger partial charge < -0.3 is 25.5 Å². The Morgan fingerprint density at radius 3 is 1.58 bits per heavy atom. The van der Waals surface area contributed by atoms with E-state index in [0.29, 0.717) is 11.8 Å². The van der Waals surface area contributed by atoms with Gasteiger partial charge in [0, 0.05) is 0 Å². The maximum Gasteiger partial charge on any atom is 0.110 e. The van der Waals surface area contributed by atoms with E-state index < -0.39 is 31.0 Å². The van der Waals surface area contributed by atoms with Gasteiger partial charge in [-0.25, -0.2) is 0 Å². The molecule has 0 aromatic heterocycles. The third kappa shape index (κ3) is 11.6. The molecule has 152 valence electrons. The van der Waals surface area contributed by atoms with Crippen LogP contribution in [0.1, 0.15) is 53.5 Å². The summed E-state index contributed by atoms with van der Waals surface area (Å²) in [6.45, 7) is 11.8. The molecule has 0 aliphatic heterocycles. The summed E-state index contributed by atoms with van der Waals surface area (Å²) in [4.78, 5) is 0. The van der Waals surface area contributed by atoms with Crippen LogP contribution in [0.5, 0.6) is 0 Å². The zero-order valence-electron chi connectivity index (χ0n) is 17.1. The zero-order chi connectivity index (χ0) is 20.5. The first-order valence-electron chi connectivity index (χ1n) is 9.14. The van der Waals surface area contributed by atoms with Crippen LogP contribution in [-0.4, -0.2) is 56.6 Å². The van der Waals surface area contributed by atoms with Gasteiger partial charge in [0.25, 0.3) is 0 Å². The van der Waals surface area contributed by atoms with Gasteiger partial charge in [-0.15, -0.1) is 0 Å². The van der Waals surface area contributed by atoms with E-state index >= 15 is 0 Å². The summed E-state index contributed by atoms with van der Waals surface area (Å²) in [6, 6.07) is 10.6. The van der Waals surface area contributed by atoms with Gasteiger partial charge in [-0.3, -0.25) is 0 Å². The van der Waals surface area contributed by atoms with Crippen molar-refractivity contribution >= 4 is 0 Å². The molecule has 0 fully saturated rings. The van der Waals surface area contributed by atoms with Crippen LogP contribution in [0.25, 0.3) is 0 Å². The third-order valence-corrected chi connectivity index (χ3v) is 3.72. The van der Waals surface area contributed by atoms with Crippen molar-refractivity contribution in [3.8, 4) is 0 Å². The Morgan fingerprint density at radius 2 is 1.19 bits per heavy atom. The third-order valence-electron chi connectivity index (χ3n) is 3.72. The molecule has 0 aliphatic rings. The Hall–Kier alpha value is -0.980. The highest BCUT2D eigenvalue weighted by atomic mass is 16.4. The van der Waals surface area contributed by atoms with Crippen LogP contribution in [0.3, 0.4) is 0 Å². The molecule has 5 nitrogen and oxygen atoms in total. The molecule has 0 aliphatic carbocycles. The quantitative estimate of drug-likeness (QED) is 0.528. The molecule has 0 bridgehead atoms. The van der Waals surface area contributed by atoms with E-state index in [9.17, 15) is 15.3 Å². The minimum Gasteiger partial charge on any atom is -0.394 e. The van der Waals surface area contributed by atoms with Crippen molar-refractivity contribution < 1.29 is 25.5 Å². The highest BCUT2D eigenvalue weighted by Crippen LogP contribution is 2.23. The molecule has 0 radical (unpaired) electrons. The van der Waals surface area contributed by atoms with Crippen LogP contribution in [0.2, 0.25) is 0 Å². The lowest BCUT2D eigenvalue weighted by molar-refractivity contribution is -0.121. The highest BCUT2D eigenvalue weighted by molar-refractivity contribution is 5.15. The largest absolute Gasteiger partial charge is 0.394 e. The fourth-order valence-corrected chi connectivity index (χ4v) is 2.52. The summed E-state index contributed by atoms with van der Waals surface area (Å²) in [5, 5.41) is 46.0. The maximum atomic E-state index is 9.57. The predicted octanol–water partition coefficient (Wildman–Crippen LogP) is 2.13. The summed E-state index contributed by atoms with van der Waals surface area (Å²) in [7, 11) is 0. The van der Waals surface area contributed by atoms with E-state index in [1.807, 2.05) is 20.8 Å². The molecule has 0 spiro atoms. The van der Waals surface area contributed by atoms with Crippen molar-refractivity contribution in [3.63, 3.8) is 0 Å². The van der Waals surface area contributed by atoms with Crippen LogP contribution < -0.4 is 0 Å². The number of hydrogen-bond acceptors (Lipinski definition) is 5. The second kappa shape index (κ2) is 11.0. The lowest BCUT2D eigenvalue weighted by Gasteiger charge is -2.29. The normalized spacial score (nSPS) is 16.9. The van der Waals surface area contributed by atoms with Gasteiger partial charge in [0.05, 0.1) is 12.7 Å². The predicted molar refractivity (Wildman–Crippen MR) is 105 cm³/mol. The molecule has 1 rings (SSSR count). The van der Waals surface area contributed by atoms with E-state index in [0.717, 1.165) is 6.42 Å². The summed E-state index contributed by atoms with van der Waals surface area (Å²) >= 11 is 0. The SMILES string of the molecule is CC(C)(C)CC(O)C(O)C(O)C(O)CO.CC(C)(C)Cc1ccccc1. The molecule has 26 heavy (non-hydrogen) atoms. The Bertz CT molecular complexity index is 475. The number of hydrogen-bond donors (Lipinski definition) is 5. The van der Waals surface area contributed by atoms with E-state index in [-0.39, 0.29) is 5.41 Å². The molecule has 4 unspecified atom stereocenters. The average molecular weight is 371 g/mol. The topological polar surface area (TPSA) is 101 Å². The molecule has 5 N–H and O–H groups in total. The Morgan fingerprint density at radius 1 is 0.731 bits per heavy atom. The summed E-state index contributed by atoms with van der Waals surface area (Å²) < 4.78 is 0. The van der Waals surface area contributed by atoms with Crippen molar-refractivity contribution in [1.29, 1.82) is 0 Å². The Kier molecular flexibility index (Phi) is 10.6. The van der Waals surface area contributed by atoms with Crippen LogP contribution in [0.4, 0.5) is 0 Å². The van der Waals surface area contributed by atoms with Crippen LogP contribution in [-0.2, 0) is 6.42 Å². The molecule has 4 atom stereocenters. The van der Waals surface area contributed by atoms with Gasteiger partial charge in [-0.2, -0.15) is 0 Å². The number of aliphatic hydroxyl groups is 5. The smallest absolute Gasteiger partial charge is 0.110 e. The summed E-state index contributed by atoms with van der Waals surface area (Å²) in [6.07, 6.45) is -4.09. The van der Waals surface area contributed by atoms with Gasteiger partial charge in [0.2, 0.25) is 0 Å². The first-order valence-corrected chi connectivity index (χ1v) is 9.14. The Balaban J connectivity index is 0.000000502. The molecule has 0 heterocycles. The van der Waals surface area contributed by atoms with Crippen LogP contribution in [0, 0.1) is 10.8 Å². The van der Waals surface area contributed by atoms with Gasteiger partial charge in [0.1, 0.15) is 18.3 Å². The summed E-state index contributed by atoms with van der Waals surface area (Å²) in [5.74, 6) is 0. The van der Waals surface area contributed by atoms with Gasteiger partial charge in [0.15, 0.2) is 0 Å². The van der Waals surface area contributed by atoms with Gasteiger partial charge in [-0.05, 0) is 29.2 Å². The van der Waals surface area contributed by atoms with Crippen molar-refractivity contribution in [3.05, 3.63) is 35.9 Å². The second-order valence-corrected chi connectivity index (χ2v) is 9.29. The van der Waals surface area contributed by atoms with Crippen molar-refractivity contribution in [2.45, 2.75) is 78.8 Å². The van der Waals surface area contributed by atoms with Gasteiger partial charge >= 0.3 is 0 Å². The maximum absolute atomic E-state index is 9.57. The molecule has 5 heteroatoms. The van der Waals surface area contributed by atoms with E-state index in [1.165, 1.54) is 5.56 Å². The monoisotopic (exact) mass is 370 g/mol. The van der Waals surface area contributed by atoms with Crippen molar-refractivity contribution in [2.24, 2.45) is 10.8 Å². The number of aliphatic hydroxyl groups excluding tert-OH is 5. The minimum atomic E-state index is -1.53. The fraction of sp³-hybridized carbons (Fsp3) is 0.714. The second-order valence-electron chi connectivity index (χ2n) is 9.29. The van der Waals surface area contributed by atoms with Crippen molar-refractivity contribution in [2.75, 3.05) is 6.61 Å². The van der Waals surface area contributed by atoms with E-state index in [2.05, 4.69) is 51.1 Å². The zero-order valence-corrected chi connectivity index (χ0v) is 17.1. The average Bonchev–Trinajstić information content (AvgIpc) is 2.51. The van der Waals surface area contributed by atoms with Crippen LogP contribution >= 0.6 is 0 Å².